The largest absolute Gasteiger partial charge is 0.460 e. The van der Waals surface area contributed by atoms with E-state index in [1.165, 1.54) is 4.68 Å². The van der Waals surface area contributed by atoms with E-state index in [1.807, 2.05) is 45.0 Å². The van der Waals surface area contributed by atoms with E-state index in [4.69, 9.17) is 9.47 Å². The summed E-state index contributed by atoms with van der Waals surface area (Å²) in [6.07, 6.45) is 1.17. The highest BCUT2D eigenvalue weighted by Crippen LogP contribution is 2.21. The minimum Gasteiger partial charge on any atom is -0.460 e. The van der Waals surface area contributed by atoms with Crippen LogP contribution in [0, 0.1) is 6.92 Å². The molecule has 0 saturated heterocycles. The molecule has 124 valence electrons. The Labute approximate surface area is 136 Å². The Balaban J connectivity index is 2.24. The summed E-state index contributed by atoms with van der Waals surface area (Å²) in [6.45, 7) is 7.35. The number of aryl methyl sites for hydroxylation is 1. The van der Waals surface area contributed by atoms with Crippen molar-refractivity contribution in [1.29, 1.82) is 0 Å². The quantitative estimate of drug-likeness (QED) is 0.700. The van der Waals surface area contributed by atoms with E-state index in [0.29, 0.717) is 32.1 Å². The second kappa shape index (κ2) is 8.43. The average Bonchev–Trinajstić information content (AvgIpc) is 2.97. The third kappa shape index (κ3) is 4.63. The number of rotatable bonds is 8. The van der Waals surface area contributed by atoms with Gasteiger partial charge in [0.1, 0.15) is 6.61 Å². The van der Waals surface area contributed by atoms with Crippen molar-refractivity contribution >= 4 is 5.91 Å². The first-order valence-electron chi connectivity index (χ1n) is 7.93. The molecule has 2 aromatic rings. The molecule has 0 fully saturated rings. The van der Waals surface area contributed by atoms with Crippen molar-refractivity contribution in [3.8, 4) is 17.4 Å². The lowest BCUT2D eigenvalue weighted by atomic mass is 10.1. The number of hydrogen-bond donors (Lipinski definition) is 0. The lowest BCUT2D eigenvalue weighted by Gasteiger charge is -2.03. The summed E-state index contributed by atoms with van der Waals surface area (Å²) in [5.41, 5.74) is 1.99. The van der Waals surface area contributed by atoms with Crippen LogP contribution in [-0.4, -0.2) is 40.5 Å². The molecule has 6 heteroatoms. The van der Waals surface area contributed by atoms with Gasteiger partial charge in [-0.25, -0.2) is 0 Å². The van der Waals surface area contributed by atoms with Crippen LogP contribution < -0.4 is 4.74 Å². The van der Waals surface area contributed by atoms with E-state index in [0.717, 1.165) is 17.5 Å². The van der Waals surface area contributed by atoms with Crippen LogP contribution in [0.15, 0.2) is 24.3 Å². The van der Waals surface area contributed by atoms with Crippen LogP contribution in [0.1, 0.15) is 37.0 Å². The zero-order valence-corrected chi connectivity index (χ0v) is 13.9. The molecular formula is C17H23N3O3. The molecular weight excluding hydrogens is 294 g/mol. The fourth-order valence-electron chi connectivity index (χ4n) is 2.07. The standard InChI is InChI=1S/C17H23N3O3/c1-4-6-15(21)20-16(14-9-7-13(3)8-10-14)18-17(19-20)23-12-11-22-5-2/h7-10H,4-6,11-12H2,1-3H3. The molecule has 0 aliphatic carbocycles. The van der Waals surface area contributed by atoms with Gasteiger partial charge in [0.15, 0.2) is 5.82 Å². The summed E-state index contributed by atoms with van der Waals surface area (Å²) < 4.78 is 12.0. The zero-order chi connectivity index (χ0) is 16.7. The second-order valence-corrected chi connectivity index (χ2v) is 5.18. The van der Waals surface area contributed by atoms with Gasteiger partial charge in [-0.15, -0.1) is 5.10 Å². The maximum absolute atomic E-state index is 12.3. The van der Waals surface area contributed by atoms with Crippen molar-refractivity contribution in [3.63, 3.8) is 0 Å². The van der Waals surface area contributed by atoms with E-state index in [2.05, 4.69) is 10.1 Å². The summed E-state index contributed by atoms with van der Waals surface area (Å²) in [5, 5.41) is 4.20. The monoisotopic (exact) mass is 317 g/mol. The van der Waals surface area contributed by atoms with Crippen LogP contribution in [-0.2, 0) is 4.74 Å². The third-order valence-electron chi connectivity index (χ3n) is 3.26. The second-order valence-electron chi connectivity index (χ2n) is 5.18. The van der Waals surface area contributed by atoms with Gasteiger partial charge in [-0.2, -0.15) is 9.67 Å². The highest BCUT2D eigenvalue weighted by Gasteiger charge is 2.17. The summed E-state index contributed by atoms with van der Waals surface area (Å²) in [5.74, 6) is 0.421. The molecule has 6 nitrogen and oxygen atoms in total. The van der Waals surface area contributed by atoms with E-state index in [9.17, 15) is 4.79 Å². The van der Waals surface area contributed by atoms with Gasteiger partial charge in [0, 0.05) is 18.6 Å². The first kappa shape index (κ1) is 17.1. The zero-order valence-electron chi connectivity index (χ0n) is 13.9. The van der Waals surface area contributed by atoms with Crippen LogP contribution >= 0.6 is 0 Å². The van der Waals surface area contributed by atoms with Crippen LogP contribution in [0.5, 0.6) is 6.01 Å². The van der Waals surface area contributed by atoms with Gasteiger partial charge in [0.2, 0.25) is 5.91 Å². The van der Waals surface area contributed by atoms with Crippen molar-refractivity contribution in [2.24, 2.45) is 0 Å². The molecule has 23 heavy (non-hydrogen) atoms. The van der Waals surface area contributed by atoms with Gasteiger partial charge in [0.05, 0.1) is 6.61 Å². The SMILES string of the molecule is CCCC(=O)n1nc(OCCOCC)nc1-c1ccc(C)cc1. The first-order valence-corrected chi connectivity index (χ1v) is 7.93. The van der Waals surface area contributed by atoms with Gasteiger partial charge < -0.3 is 9.47 Å². The van der Waals surface area contributed by atoms with Crippen LogP contribution in [0.2, 0.25) is 0 Å². The normalized spacial score (nSPS) is 10.7. The predicted molar refractivity (Wildman–Crippen MR) is 87.7 cm³/mol. The van der Waals surface area contributed by atoms with Crippen molar-refractivity contribution in [2.75, 3.05) is 19.8 Å². The maximum Gasteiger partial charge on any atom is 0.336 e. The van der Waals surface area contributed by atoms with Gasteiger partial charge in [-0.05, 0) is 20.3 Å². The van der Waals surface area contributed by atoms with Crippen molar-refractivity contribution < 1.29 is 14.3 Å². The molecule has 0 aliphatic rings. The molecule has 1 aromatic heterocycles. The summed E-state index contributed by atoms with van der Waals surface area (Å²) in [4.78, 5) is 16.6. The predicted octanol–water partition coefficient (Wildman–Crippen LogP) is 3.11. The molecule has 0 spiro atoms. The fourth-order valence-corrected chi connectivity index (χ4v) is 2.07. The Kier molecular flexibility index (Phi) is 6.29. The molecule has 1 heterocycles. The first-order chi connectivity index (χ1) is 11.2. The lowest BCUT2D eigenvalue weighted by molar-refractivity contribution is 0.0881. The minimum atomic E-state index is -0.0877. The molecule has 0 saturated carbocycles. The average molecular weight is 317 g/mol. The Hall–Kier alpha value is -2.21. The Morgan fingerprint density at radius 2 is 1.91 bits per heavy atom. The van der Waals surface area contributed by atoms with Gasteiger partial charge in [-0.3, -0.25) is 4.79 Å². The van der Waals surface area contributed by atoms with E-state index >= 15 is 0 Å². The minimum absolute atomic E-state index is 0.0877. The molecule has 1 aromatic carbocycles. The fraction of sp³-hybridized carbons (Fsp3) is 0.471. The molecule has 0 aliphatic heterocycles. The van der Waals surface area contributed by atoms with Gasteiger partial charge in [0.25, 0.3) is 0 Å². The lowest BCUT2D eigenvalue weighted by Crippen LogP contribution is -2.14. The molecule has 0 atom stereocenters. The Bertz CT molecular complexity index is 635. The Morgan fingerprint density at radius 1 is 1.17 bits per heavy atom. The number of carbonyl (C=O) groups excluding carboxylic acids is 1. The van der Waals surface area contributed by atoms with E-state index < -0.39 is 0 Å². The number of aromatic nitrogens is 3. The highest BCUT2D eigenvalue weighted by atomic mass is 16.5. The molecule has 0 amide bonds. The van der Waals surface area contributed by atoms with Crippen molar-refractivity contribution in [3.05, 3.63) is 29.8 Å². The van der Waals surface area contributed by atoms with Crippen molar-refractivity contribution in [2.45, 2.75) is 33.6 Å². The molecule has 2 rings (SSSR count). The van der Waals surface area contributed by atoms with Crippen LogP contribution in [0.25, 0.3) is 11.4 Å². The van der Waals surface area contributed by atoms with E-state index in [-0.39, 0.29) is 11.9 Å². The number of benzene rings is 1. The molecule has 0 bridgehead atoms. The third-order valence-corrected chi connectivity index (χ3v) is 3.26. The summed E-state index contributed by atoms with van der Waals surface area (Å²) in [6, 6.07) is 8.02. The van der Waals surface area contributed by atoms with Crippen LogP contribution in [0.4, 0.5) is 0 Å². The highest BCUT2D eigenvalue weighted by molar-refractivity contribution is 5.82. The Morgan fingerprint density at radius 3 is 2.57 bits per heavy atom. The smallest absolute Gasteiger partial charge is 0.336 e. The van der Waals surface area contributed by atoms with E-state index in [1.54, 1.807) is 0 Å². The van der Waals surface area contributed by atoms with Crippen LogP contribution in [0.3, 0.4) is 0 Å². The maximum atomic E-state index is 12.3. The van der Waals surface area contributed by atoms with Gasteiger partial charge >= 0.3 is 6.01 Å². The summed E-state index contributed by atoms with van der Waals surface area (Å²) in [7, 11) is 0. The molecule has 0 N–H and O–H groups in total. The number of ether oxygens (including phenoxy) is 2. The summed E-state index contributed by atoms with van der Waals surface area (Å²) >= 11 is 0. The number of nitrogens with zero attached hydrogens (tertiary/aromatic N) is 3. The number of hydrogen-bond acceptors (Lipinski definition) is 5. The van der Waals surface area contributed by atoms with Crippen molar-refractivity contribution in [1.82, 2.24) is 14.8 Å². The topological polar surface area (TPSA) is 66.2 Å². The number of carbonyl (C=O) groups is 1. The molecule has 0 radical (unpaired) electrons. The molecule has 0 unspecified atom stereocenters. The van der Waals surface area contributed by atoms with Gasteiger partial charge in [-0.1, -0.05) is 36.8 Å².